The number of para-hydroxylation sites is 1. The third-order valence-corrected chi connectivity index (χ3v) is 5.01. The Morgan fingerprint density at radius 2 is 1.76 bits per heavy atom. The van der Waals surface area contributed by atoms with Gasteiger partial charge in [-0.3, -0.25) is 9.69 Å². The average Bonchev–Trinajstić information content (AvgIpc) is 2.73. The van der Waals surface area contributed by atoms with Gasteiger partial charge < -0.3 is 15.0 Å². The van der Waals surface area contributed by atoms with Crippen LogP contribution < -0.4 is 15.0 Å². The molecule has 2 heterocycles. The molecule has 1 aliphatic heterocycles. The predicted molar refractivity (Wildman–Crippen MR) is 114 cm³/mol. The summed E-state index contributed by atoms with van der Waals surface area (Å²) in [5.74, 6) is 1.47. The van der Waals surface area contributed by atoms with E-state index in [0.717, 1.165) is 50.0 Å². The molecule has 7 heteroatoms. The van der Waals surface area contributed by atoms with E-state index in [9.17, 15) is 4.79 Å². The average molecular weight is 398 g/mol. The van der Waals surface area contributed by atoms with Crippen LogP contribution in [0.15, 0.2) is 42.7 Å². The van der Waals surface area contributed by atoms with Gasteiger partial charge in [-0.1, -0.05) is 39.0 Å². The van der Waals surface area contributed by atoms with Gasteiger partial charge in [-0.25, -0.2) is 9.97 Å². The number of carbonyl (C=O) groups is 1. The van der Waals surface area contributed by atoms with E-state index in [-0.39, 0.29) is 17.9 Å². The molecule has 1 aromatic carbocycles. The first-order valence-electron chi connectivity index (χ1n) is 10.2. The number of hydrogen-bond donors (Lipinski definition) is 1. The first kappa shape index (κ1) is 21.0. The highest BCUT2D eigenvalue weighted by atomic mass is 16.5. The second-order valence-corrected chi connectivity index (χ2v) is 8.26. The summed E-state index contributed by atoms with van der Waals surface area (Å²) in [5.41, 5.74) is 1.08. The number of hydrogen-bond acceptors (Lipinski definition) is 6. The fraction of sp³-hybridized carbons (Fsp3) is 0.500. The van der Waals surface area contributed by atoms with Gasteiger partial charge in [-0.05, 0) is 23.1 Å². The quantitative estimate of drug-likeness (QED) is 0.772. The molecule has 0 unspecified atom stereocenters. The minimum absolute atomic E-state index is 0.0278. The number of nitrogens with zero attached hydrogens (tertiary/aromatic N) is 4. The van der Waals surface area contributed by atoms with Crippen molar-refractivity contribution in [2.24, 2.45) is 0 Å². The summed E-state index contributed by atoms with van der Waals surface area (Å²) in [6.45, 7) is 11.5. The molecule has 0 aliphatic carbocycles. The van der Waals surface area contributed by atoms with Crippen LogP contribution in [0.2, 0.25) is 0 Å². The van der Waals surface area contributed by atoms with Gasteiger partial charge in [0.25, 0.3) is 5.91 Å². The molecule has 0 radical (unpaired) electrons. The Bertz CT molecular complexity index is 783. The molecule has 1 fully saturated rings. The van der Waals surface area contributed by atoms with E-state index in [4.69, 9.17) is 4.74 Å². The highest BCUT2D eigenvalue weighted by molar-refractivity contribution is 5.77. The second kappa shape index (κ2) is 9.69. The molecule has 0 bridgehead atoms. The number of carbonyl (C=O) groups excluding carboxylic acids is 1. The van der Waals surface area contributed by atoms with Crippen LogP contribution in [0.4, 0.5) is 5.95 Å². The smallest absolute Gasteiger partial charge is 0.257 e. The summed E-state index contributed by atoms with van der Waals surface area (Å²) in [5, 5.41) is 2.96. The highest BCUT2D eigenvalue weighted by Crippen LogP contribution is 2.30. The first-order chi connectivity index (χ1) is 13.9. The Morgan fingerprint density at radius 1 is 1.07 bits per heavy atom. The summed E-state index contributed by atoms with van der Waals surface area (Å²) in [7, 11) is 0. The lowest BCUT2D eigenvalue weighted by atomic mass is 9.86. The molecule has 0 atom stereocenters. The van der Waals surface area contributed by atoms with Crippen molar-refractivity contribution in [3.8, 4) is 5.75 Å². The Balaban J connectivity index is 1.36. The van der Waals surface area contributed by atoms with Gasteiger partial charge in [0.2, 0.25) is 5.95 Å². The summed E-state index contributed by atoms with van der Waals surface area (Å²) >= 11 is 0. The summed E-state index contributed by atoms with van der Waals surface area (Å²) in [6.07, 6.45) is 3.54. The number of nitrogens with one attached hydrogen (secondary N) is 1. The van der Waals surface area contributed by atoms with Crippen LogP contribution in [0.3, 0.4) is 0 Å². The second-order valence-electron chi connectivity index (χ2n) is 8.26. The minimum Gasteiger partial charge on any atom is -0.483 e. The van der Waals surface area contributed by atoms with Crippen molar-refractivity contribution in [2.45, 2.75) is 26.2 Å². The standard InChI is InChI=1S/C22H31N5O2/c1-22(2,3)18-7-4-5-8-19(18)29-17-20(28)23-11-12-26-13-15-27(16-14-26)21-24-9-6-10-25-21/h4-10H,11-17H2,1-3H3,(H,23,28). The zero-order valence-electron chi connectivity index (χ0n) is 17.6. The number of rotatable bonds is 7. The van der Waals surface area contributed by atoms with E-state index in [1.807, 2.05) is 30.3 Å². The van der Waals surface area contributed by atoms with Gasteiger partial charge in [-0.15, -0.1) is 0 Å². The molecule has 3 rings (SSSR count). The topological polar surface area (TPSA) is 70.6 Å². The molecule has 1 N–H and O–H groups in total. The van der Waals surface area contributed by atoms with Crippen LogP contribution in [-0.2, 0) is 10.2 Å². The van der Waals surface area contributed by atoms with Crippen LogP contribution in [0.1, 0.15) is 26.3 Å². The largest absolute Gasteiger partial charge is 0.483 e. The Kier molecular flexibility index (Phi) is 7.04. The molecule has 7 nitrogen and oxygen atoms in total. The summed E-state index contributed by atoms with van der Waals surface area (Å²) < 4.78 is 5.78. The van der Waals surface area contributed by atoms with Gasteiger partial charge in [0.15, 0.2) is 6.61 Å². The predicted octanol–water partition coefficient (Wildman–Crippen LogP) is 2.09. The summed E-state index contributed by atoms with van der Waals surface area (Å²) in [4.78, 5) is 25.3. The Labute approximate surface area is 173 Å². The SMILES string of the molecule is CC(C)(C)c1ccccc1OCC(=O)NCCN1CCN(c2ncccn2)CC1. The Hall–Kier alpha value is -2.67. The molecule has 1 saturated heterocycles. The Morgan fingerprint density at radius 3 is 2.45 bits per heavy atom. The molecule has 1 aliphatic rings. The third kappa shape index (κ3) is 6.15. The van der Waals surface area contributed by atoms with Gasteiger partial charge in [0, 0.05) is 51.7 Å². The number of amides is 1. The van der Waals surface area contributed by atoms with Crippen molar-refractivity contribution in [1.29, 1.82) is 0 Å². The van der Waals surface area contributed by atoms with E-state index in [0.29, 0.717) is 6.54 Å². The van der Waals surface area contributed by atoms with E-state index in [1.54, 1.807) is 12.4 Å². The van der Waals surface area contributed by atoms with E-state index in [2.05, 4.69) is 45.9 Å². The molecule has 1 amide bonds. The van der Waals surface area contributed by atoms with E-state index < -0.39 is 0 Å². The molecule has 156 valence electrons. The molecular formula is C22H31N5O2. The summed E-state index contributed by atoms with van der Waals surface area (Å²) in [6, 6.07) is 9.73. The van der Waals surface area contributed by atoms with Gasteiger partial charge in [-0.2, -0.15) is 0 Å². The molecule has 1 aromatic heterocycles. The highest BCUT2D eigenvalue weighted by Gasteiger charge is 2.20. The molecular weight excluding hydrogens is 366 g/mol. The van der Waals surface area contributed by atoms with Crippen LogP contribution in [0, 0.1) is 0 Å². The van der Waals surface area contributed by atoms with E-state index in [1.165, 1.54) is 0 Å². The van der Waals surface area contributed by atoms with Gasteiger partial charge >= 0.3 is 0 Å². The number of ether oxygens (including phenoxy) is 1. The van der Waals surface area contributed by atoms with Crippen molar-refractivity contribution >= 4 is 11.9 Å². The monoisotopic (exact) mass is 397 g/mol. The van der Waals surface area contributed by atoms with Crippen molar-refractivity contribution in [2.75, 3.05) is 50.8 Å². The van der Waals surface area contributed by atoms with E-state index >= 15 is 0 Å². The first-order valence-corrected chi connectivity index (χ1v) is 10.2. The lowest BCUT2D eigenvalue weighted by Crippen LogP contribution is -2.49. The van der Waals surface area contributed by atoms with Crippen molar-refractivity contribution < 1.29 is 9.53 Å². The lowest BCUT2D eigenvalue weighted by molar-refractivity contribution is -0.123. The maximum Gasteiger partial charge on any atom is 0.257 e. The van der Waals surface area contributed by atoms with Crippen molar-refractivity contribution in [1.82, 2.24) is 20.2 Å². The molecule has 0 saturated carbocycles. The fourth-order valence-electron chi connectivity index (χ4n) is 3.39. The van der Waals surface area contributed by atoms with Crippen LogP contribution >= 0.6 is 0 Å². The van der Waals surface area contributed by atoms with Crippen LogP contribution in [-0.4, -0.2) is 66.7 Å². The third-order valence-electron chi connectivity index (χ3n) is 5.01. The number of anilines is 1. The minimum atomic E-state index is -0.0926. The maximum atomic E-state index is 12.2. The van der Waals surface area contributed by atoms with Crippen LogP contribution in [0.25, 0.3) is 0 Å². The number of aromatic nitrogens is 2. The number of piperazine rings is 1. The van der Waals surface area contributed by atoms with Gasteiger partial charge in [0.05, 0.1) is 0 Å². The fourth-order valence-corrected chi connectivity index (χ4v) is 3.39. The normalized spacial score (nSPS) is 15.2. The van der Waals surface area contributed by atoms with Gasteiger partial charge in [0.1, 0.15) is 5.75 Å². The van der Waals surface area contributed by atoms with Crippen LogP contribution in [0.5, 0.6) is 5.75 Å². The molecule has 29 heavy (non-hydrogen) atoms. The molecule has 0 spiro atoms. The van der Waals surface area contributed by atoms with Crippen molar-refractivity contribution in [3.63, 3.8) is 0 Å². The maximum absolute atomic E-state index is 12.2. The van der Waals surface area contributed by atoms with Crippen molar-refractivity contribution in [3.05, 3.63) is 48.3 Å². The number of benzene rings is 1. The molecule has 2 aromatic rings. The zero-order valence-corrected chi connectivity index (χ0v) is 17.6. The zero-order chi connectivity index (χ0) is 20.7. The lowest BCUT2D eigenvalue weighted by Gasteiger charge is -2.34.